The number of morpholine rings is 2. The molecule has 3 aromatic heterocycles. The number of Topliss-reactive ketones (excluding diaryl/α,β-unsaturated/α-hetero) is 1. The van der Waals surface area contributed by atoms with Crippen molar-refractivity contribution in [3.63, 3.8) is 0 Å². The van der Waals surface area contributed by atoms with E-state index in [0.717, 1.165) is 62.4 Å². The highest BCUT2D eigenvalue weighted by molar-refractivity contribution is 9.09. The minimum Gasteiger partial charge on any atom is -0.378 e. The Labute approximate surface area is 238 Å². The molecule has 11 nitrogen and oxygen atoms in total. The van der Waals surface area contributed by atoms with Crippen LogP contribution in [-0.2, 0) is 14.3 Å². The number of anilines is 2. The van der Waals surface area contributed by atoms with E-state index < -0.39 is 0 Å². The molecule has 2 fully saturated rings. The maximum atomic E-state index is 11.6. The van der Waals surface area contributed by atoms with E-state index >= 15 is 0 Å². The summed E-state index contributed by atoms with van der Waals surface area (Å²) in [5.74, 6) is 1.56. The average molecular weight is 629 g/mol. The minimum absolute atomic E-state index is 0.0676. The van der Waals surface area contributed by atoms with E-state index in [2.05, 4.69) is 51.4 Å². The number of nitrogens with two attached hydrogens (primary N) is 1. The molecule has 0 aromatic carbocycles. The highest BCUT2D eigenvalue weighted by atomic mass is 79.9. The lowest BCUT2D eigenvalue weighted by Gasteiger charge is -2.28. The van der Waals surface area contributed by atoms with Crippen LogP contribution in [0.5, 0.6) is 0 Å². The van der Waals surface area contributed by atoms with Crippen LogP contribution in [0.4, 0.5) is 11.6 Å². The predicted molar refractivity (Wildman–Crippen MR) is 151 cm³/mol. The molecule has 2 aliphatic rings. The van der Waals surface area contributed by atoms with Crippen molar-refractivity contribution in [2.45, 2.75) is 0 Å². The van der Waals surface area contributed by atoms with E-state index in [-0.39, 0.29) is 17.5 Å². The van der Waals surface area contributed by atoms with Crippen molar-refractivity contribution >= 4 is 63.0 Å². The monoisotopic (exact) mass is 627 g/mol. The maximum Gasteiger partial charge on any atom is 0.204 e. The molecular weight excluding hydrogens is 601 g/mol. The van der Waals surface area contributed by atoms with Crippen LogP contribution in [0, 0.1) is 0 Å². The van der Waals surface area contributed by atoms with Crippen LogP contribution in [0.3, 0.4) is 0 Å². The number of nitrogens with one attached hydrogen (secondary N) is 1. The number of rotatable bonds is 5. The Morgan fingerprint density at radius 2 is 1.50 bits per heavy atom. The number of amides is 1. The van der Waals surface area contributed by atoms with E-state index in [9.17, 15) is 4.79 Å². The Morgan fingerprint density at radius 1 is 0.974 bits per heavy atom. The normalized spacial score (nSPS) is 15.0. The molecule has 5 rings (SSSR count). The molecule has 0 spiro atoms. The van der Waals surface area contributed by atoms with Gasteiger partial charge in [-0.25, -0.2) is 15.0 Å². The number of alkyl halides is 1. The van der Waals surface area contributed by atoms with Crippen LogP contribution in [0.15, 0.2) is 36.8 Å². The standard InChI is InChI=1S/C12H13ClN4O.C11H12BrClN2O2.CH3NO/c13-9-5-10(11-7-14-8-15-11)16-12(6-9)17-1-3-18-4-2-17;12-7-10(16)9-5-8(13)6-11(14-9)15-1-3-17-4-2-15;2-1-3/h5-8H,1-4H2,(H,14,15);5-6H,1-4,7H2;1H,(H2,2,3). The summed E-state index contributed by atoms with van der Waals surface area (Å²) in [6.07, 6.45) is 3.62. The number of pyridine rings is 2. The molecule has 0 saturated carbocycles. The molecule has 38 heavy (non-hydrogen) atoms. The van der Waals surface area contributed by atoms with Gasteiger partial charge < -0.3 is 30.0 Å². The number of nitrogens with zero attached hydrogens (tertiary/aromatic N) is 5. The van der Waals surface area contributed by atoms with Gasteiger partial charge in [-0.1, -0.05) is 39.1 Å². The number of ketones is 1. The van der Waals surface area contributed by atoms with Gasteiger partial charge in [-0.15, -0.1) is 0 Å². The highest BCUT2D eigenvalue weighted by Crippen LogP contribution is 2.25. The number of aromatic nitrogens is 4. The van der Waals surface area contributed by atoms with Gasteiger partial charge in [0.25, 0.3) is 0 Å². The molecule has 3 aromatic rings. The zero-order chi connectivity index (χ0) is 27.3. The lowest BCUT2D eigenvalue weighted by molar-refractivity contribution is -0.106. The average Bonchev–Trinajstić information content (AvgIpc) is 3.49. The second kappa shape index (κ2) is 15.6. The van der Waals surface area contributed by atoms with Crippen LogP contribution in [0.1, 0.15) is 10.5 Å². The summed E-state index contributed by atoms with van der Waals surface area (Å²) >= 11 is 15.3. The Balaban J connectivity index is 0.000000191. The summed E-state index contributed by atoms with van der Waals surface area (Å²) in [5, 5.41) is 1.46. The first-order chi connectivity index (χ1) is 18.4. The fourth-order valence-corrected chi connectivity index (χ4v) is 4.31. The SMILES string of the molecule is Clc1cc(-c2cnc[nH]2)nc(N2CCOCC2)c1.NC=O.O=C(CBr)c1cc(Cl)cc(N2CCOCC2)n1. The van der Waals surface area contributed by atoms with Gasteiger partial charge in [0.05, 0.1) is 55.7 Å². The second-order valence-electron chi connectivity index (χ2n) is 7.91. The molecule has 1 amide bonds. The molecule has 204 valence electrons. The molecule has 3 N–H and O–H groups in total. The molecule has 5 heterocycles. The number of carbonyl (C=O) groups excluding carboxylic acids is 2. The molecule has 14 heteroatoms. The number of primary amides is 1. The number of imidazole rings is 1. The van der Waals surface area contributed by atoms with Gasteiger partial charge in [-0.05, 0) is 24.3 Å². The number of carbonyl (C=O) groups is 2. The molecule has 0 atom stereocenters. The molecule has 0 radical (unpaired) electrons. The zero-order valence-corrected chi connectivity index (χ0v) is 23.6. The molecule has 0 aliphatic carbocycles. The van der Waals surface area contributed by atoms with Crippen molar-refractivity contribution in [1.82, 2.24) is 19.9 Å². The lowest BCUT2D eigenvalue weighted by atomic mass is 10.2. The van der Waals surface area contributed by atoms with Crippen molar-refractivity contribution in [1.29, 1.82) is 0 Å². The Kier molecular flexibility index (Phi) is 12.2. The number of hydrogen-bond donors (Lipinski definition) is 2. The quantitative estimate of drug-likeness (QED) is 0.248. The van der Waals surface area contributed by atoms with E-state index in [1.165, 1.54) is 0 Å². The fraction of sp³-hybridized carbons (Fsp3) is 0.375. The van der Waals surface area contributed by atoms with Gasteiger partial charge in [-0.3, -0.25) is 9.59 Å². The van der Waals surface area contributed by atoms with Gasteiger partial charge in [-0.2, -0.15) is 0 Å². The van der Waals surface area contributed by atoms with Crippen LogP contribution < -0.4 is 15.5 Å². The molecular formula is C24H28BrCl2N7O4. The van der Waals surface area contributed by atoms with Gasteiger partial charge in [0, 0.05) is 36.2 Å². The van der Waals surface area contributed by atoms with Crippen molar-refractivity contribution in [3.8, 4) is 11.4 Å². The smallest absolute Gasteiger partial charge is 0.204 e. The number of aromatic amines is 1. The fourth-order valence-electron chi connectivity index (χ4n) is 3.62. The first-order valence-corrected chi connectivity index (χ1v) is 13.6. The van der Waals surface area contributed by atoms with Gasteiger partial charge in [0.1, 0.15) is 17.3 Å². The third-order valence-corrected chi connectivity index (χ3v) is 6.35. The summed E-state index contributed by atoms with van der Waals surface area (Å²) < 4.78 is 10.6. The second-order valence-corrected chi connectivity index (χ2v) is 9.35. The number of hydrogen-bond acceptors (Lipinski definition) is 9. The molecule has 0 bridgehead atoms. The first kappa shape index (κ1) is 29.8. The summed E-state index contributed by atoms with van der Waals surface area (Å²) in [7, 11) is 0. The lowest BCUT2D eigenvalue weighted by Crippen LogP contribution is -2.37. The Hall–Kier alpha value is -2.77. The molecule has 0 unspecified atom stereocenters. The highest BCUT2D eigenvalue weighted by Gasteiger charge is 2.16. The number of halogens is 3. The molecule has 2 saturated heterocycles. The third-order valence-electron chi connectivity index (χ3n) is 5.40. The van der Waals surface area contributed by atoms with Crippen molar-refractivity contribution in [3.05, 3.63) is 52.5 Å². The maximum absolute atomic E-state index is 11.6. The first-order valence-electron chi connectivity index (χ1n) is 11.7. The zero-order valence-electron chi connectivity index (χ0n) is 20.5. The van der Waals surface area contributed by atoms with E-state index in [0.29, 0.717) is 29.0 Å². The van der Waals surface area contributed by atoms with Gasteiger partial charge >= 0.3 is 0 Å². The summed E-state index contributed by atoms with van der Waals surface area (Å²) in [6, 6.07) is 7.08. The Bertz CT molecular complexity index is 1170. The predicted octanol–water partition coefficient (Wildman–Crippen LogP) is 3.21. The minimum atomic E-state index is -0.0676. The van der Waals surface area contributed by atoms with E-state index in [4.69, 9.17) is 37.5 Å². The molecule has 2 aliphatic heterocycles. The van der Waals surface area contributed by atoms with Crippen LogP contribution in [0.2, 0.25) is 10.0 Å². The topological polar surface area (TPSA) is 140 Å². The van der Waals surface area contributed by atoms with E-state index in [1.54, 1.807) is 24.7 Å². The van der Waals surface area contributed by atoms with Crippen molar-refractivity contribution in [2.24, 2.45) is 5.73 Å². The Morgan fingerprint density at radius 3 is 2.00 bits per heavy atom. The van der Waals surface area contributed by atoms with Crippen molar-refractivity contribution < 1.29 is 19.1 Å². The van der Waals surface area contributed by atoms with Crippen LogP contribution in [-0.4, -0.2) is 90.1 Å². The van der Waals surface area contributed by atoms with E-state index in [1.807, 2.05) is 12.1 Å². The van der Waals surface area contributed by atoms with Crippen LogP contribution >= 0.6 is 39.1 Å². The number of H-pyrrole nitrogens is 1. The largest absolute Gasteiger partial charge is 0.378 e. The summed E-state index contributed by atoms with van der Waals surface area (Å²) in [5.41, 5.74) is 6.24. The van der Waals surface area contributed by atoms with Gasteiger partial charge in [0.2, 0.25) is 6.41 Å². The van der Waals surface area contributed by atoms with Crippen LogP contribution in [0.25, 0.3) is 11.4 Å². The third kappa shape index (κ3) is 8.91. The number of ether oxygens (including phenoxy) is 2. The summed E-state index contributed by atoms with van der Waals surface area (Å²) in [6.45, 7) is 6.04. The van der Waals surface area contributed by atoms with Gasteiger partial charge in [0.15, 0.2) is 5.78 Å². The van der Waals surface area contributed by atoms with Crippen molar-refractivity contribution in [2.75, 3.05) is 67.7 Å². The summed E-state index contributed by atoms with van der Waals surface area (Å²) in [4.78, 5) is 40.4.